The first-order valence-electron chi connectivity index (χ1n) is 8.70. The van der Waals surface area contributed by atoms with Crippen molar-refractivity contribution in [3.63, 3.8) is 0 Å². The Hall–Kier alpha value is -1.69. The molecule has 6 nitrogen and oxygen atoms in total. The third kappa shape index (κ3) is 3.04. The van der Waals surface area contributed by atoms with Crippen LogP contribution in [0.2, 0.25) is 0 Å². The van der Waals surface area contributed by atoms with Crippen molar-refractivity contribution in [1.29, 1.82) is 0 Å². The van der Waals surface area contributed by atoms with Gasteiger partial charge in [-0.05, 0) is 57.1 Å². The van der Waals surface area contributed by atoms with Gasteiger partial charge in [0.15, 0.2) is 5.82 Å². The zero-order valence-electron chi connectivity index (χ0n) is 13.6. The summed E-state index contributed by atoms with van der Waals surface area (Å²) in [6.45, 7) is 3.70. The number of carbonyl (C=O) groups excluding carboxylic acids is 1. The molecule has 3 heterocycles. The van der Waals surface area contributed by atoms with Gasteiger partial charge in [-0.25, -0.2) is 0 Å². The maximum Gasteiger partial charge on any atom is 0.249 e. The minimum absolute atomic E-state index is 0.0887. The Kier molecular flexibility index (Phi) is 3.93. The summed E-state index contributed by atoms with van der Waals surface area (Å²) in [5.41, 5.74) is 0.925. The van der Waals surface area contributed by atoms with Crippen LogP contribution in [0.3, 0.4) is 0 Å². The van der Waals surface area contributed by atoms with Gasteiger partial charge in [0, 0.05) is 19.1 Å². The molecule has 0 radical (unpaired) electrons. The molecule has 3 atom stereocenters. The van der Waals surface area contributed by atoms with E-state index in [1.807, 2.05) is 19.1 Å². The molecule has 2 saturated heterocycles. The van der Waals surface area contributed by atoms with E-state index < -0.39 is 0 Å². The summed E-state index contributed by atoms with van der Waals surface area (Å²) in [7, 11) is 0. The number of piperidine rings is 1. The highest BCUT2D eigenvalue weighted by atomic mass is 16.5. The SMILES string of the molecule is Cc1ccc(N2CC[C@H]3C[C@@H](C(=O)NC4CCC4)O[C@H]3C2)nn1. The standard InChI is InChI=1S/C17H24N4O2/c1-11-5-6-16(20-19-11)21-8-7-12-9-14(23-15(12)10-21)17(22)18-13-3-2-4-13/h5-6,12-15H,2-4,7-10H2,1H3,(H,18,22)/t12-,14-,15-/m0/s1. The fourth-order valence-corrected chi connectivity index (χ4v) is 3.71. The summed E-state index contributed by atoms with van der Waals surface area (Å²) in [6.07, 6.45) is 5.23. The summed E-state index contributed by atoms with van der Waals surface area (Å²) in [4.78, 5) is 14.5. The first kappa shape index (κ1) is 14.9. The van der Waals surface area contributed by atoms with Gasteiger partial charge in [0.05, 0.1) is 11.8 Å². The van der Waals surface area contributed by atoms with E-state index >= 15 is 0 Å². The van der Waals surface area contributed by atoms with Gasteiger partial charge >= 0.3 is 0 Å². The van der Waals surface area contributed by atoms with Gasteiger partial charge in [-0.3, -0.25) is 4.79 Å². The summed E-state index contributed by atoms with van der Waals surface area (Å²) in [6, 6.07) is 4.38. The minimum atomic E-state index is -0.269. The van der Waals surface area contributed by atoms with E-state index in [1.54, 1.807) is 0 Å². The third-order valence-corrected chi connectivity index (χ3v) is 5.40. The maximum atomic E-state index is 12.3. The van der Waals surface area contributed by atoms with E-state index in [-0.39, 0.29) is 18.1 Å². The molecule has 4 rings (SSSR count). The zero-order valence-corrected chi connectivity index (χ0v) is 13.6. The molecule has 1 aromatic heterocycles. The summed E-state index contributed by atoms with van der Waals surface area (Å²) in [5, 5.41) is 11.5. The number of amides is 1. The van der Waals surface area contributed by atoms with Crippen LogP contribution in [-0.4, -0.2) is 47.4 Å². The van der Waals surface area contributed by atoms with Gasteiger partial charge in [-0.2, -0.15) is 5.10 Å². The van der Waals surface area contributed by atoms with Crippen molar-refractivity contribution < 1.29 is 9.53 Å². The molecule has 3 fully saturated rings. The van der Waals surface area contributed by atoms with Crippen molar-refractivity contribution in [3.8, 4) is 0 Å². The van der Waals surface area contributed by atoms with Crippen LogP contribution in [0.4, 0.5) is 5.82 Å². The molecule has 1 saturated carbocycles. The van der Waals surface area contributed by atoms with Crippen molar-refractivity contribution in [2.45, 2.75) is 57.3 Å². The normalized spacial score (nSPS) is 30.7. The van der Waals surface area contributed by atoms with E-state index in [0.29, 0.717) is 12.0 Å². The Balaban J connectivity index is 1.36. The smallest absolute Gasteiger partial charge is 0.249 e. The fraction of sp³-hybridized carbons (Fsp3) is 0.706. The molecule has 0 aromatic carbocycles. The molecule has 0 bridgehead atoms. The van der Waals surface area contributed by atoms with E-state index in [4.69, 9.17) is 4.74 Å². The Morgan fingerprint density at radius 2 is 2.17 bits per heavy atom. The van der Waals surface area contributed by atoms with Crippen molar-refractivity contribution in [2.24, 2.45) is 5.92 Å². The molecular formula is C17H24N4O2. The number of aryl methyl sites for hydroxylation is 1. The number of carbonyl (C=O) groups is 1. The number of nitrogens with one attached hydrogen (secondary N) is 1. The summed E-state index contributed by atoms with van der Waals surface area (Å²) < 4.78 is 6.07. The molecular weight excluding hydrogens is 292 g/mol. The van der Waals surface area contributed by atoms with Gasteiger partial charge in [0.1, 0.15) is 6.10 Å². The van der Waals surface area contributed by atoms with Crippen LogP contribution in [-0.2, 0) is 9.53 Å². The van der Waals surface area contributed by atoms with E-state index in [2.05, 4.69) is 20.4 Å². The lowest BCUT2D eigenvalue weighted by atomic mass is 9.90. The second kappa shape index (κ2) is 6.07. The number of rotatable bonds is 3. The monoisotopic (exact) mass is 316 g/mol. The predicted molar refractivity (Wildman–Crippen MR) is 86.1 cm³/mol. The highest BCUT2D eigenvalue weighted by molar-refractivity contribution is 5.81. The predicted octanol–water partition coefficient (Wildman–Crippen LogP) is 1.44. The van der Waals surface area contributed by atoms with Crippen molar-refractivity contribution in [1.82, 2.24) is 15.5 Å². The van der Waals surface area contributed by atoms with Gasteiger partial charge in [0.2, 0.25) is 5.91 Å². The molecule has 1 N–H and O–H groups in total. The fourth-order valence-electron chi connectivity index (χ4n) is 3.71. The quantitative estimate of drug-likeness (QED) is 0.914. The molecule has 3 aliphatic rings. The topological polar surface area (TPSA) is 67.4 Å². The number of hydrogen-bond acceptors (Lipinski definition) is 5. The molecule has 0 spiro atoms. The average molecular weight is 316 g/mol. The molecule has 23 heavy (non-hydrogen) atoms. The lowest BCUT2D eigenvalue weighted by molar-refractivity contribution is -0.133. The summed E-state index contributed by atoms with van der Waals surface area (Å²) in [5.74, 6) is 1.48. The van der Waals surface area contributed by atoms with Crippen molar-refractivity contribution in [3.05, 3.63) is 17.8 Å². The first-order valence-corrected chi connectivity index (χ1v) is 8.70. The molecule has 124 valence electrons. The molecule has 1 amide bonds. The number of fused-ring (bicyclic) bond motifs is 1. The van der Waals surface area contributed by atoms with Crippen LogP contribution in [0.5, 0.6) is 0 Å². The van der Waals surface area contributed by atoms with Crippen molar-refractivity contribution >= 4 is 11.7 Å². The largest absolute Gasteiger partial charge is 0.363 e. The van der Waals surface area contributed by atoms with Gasteiger partial charge in [0.25, 0.3) is 0 Å². The Morgan fingerprint density at radius 1 is 1.30 bits per heavy atom. The van der Waals surface area contributed by atoms with Crippen LogP contribution in [0.15, 0.2) is 12.1 Å². The number of hydrogen-bond donors (Lipinski definition) is 1. The van der Waals surface area contributed by atoms with Gasteiger partial charge < -0.3 is 15.0 Å². The first-order chi connectivity index (χ1) is 11.2. The van der Waals surface area contributed by atoms with E-state index in [1.165, 1.54) is 6.42 Å². The molecule has 1 aliphatic carbocycles. The van der Waals surface area contributed by atoms with Crippen LogP contribution in [0, 0.1) is 12.8 Å². The number of aromatic nitrogens is 2. The lowest BCUT2D eigenvalue weighted by Crippen LogP contribution is -2.45. The van der Waals surface area contributed by atoms with Gasteiger partial charge in [-0.15, -0.1) is 5.10 Å². The summed E-state index contributed by atoms with van der Waals surface area (Å²) >= 11 is 0. The van der Waals surface area contributed by atoms with Crippen molar-refractivity contribution in [2.75, 3.05) is 18.0 Å². The van der Waals surface area contributed by atoms with Crippen LogP contribution >= 0.6 is 0 Å². The molecule has 0 unspecified atom stereocenters. The molecule has 1 aromatic rings. The highest BCUT2D eigenvalue weighted by Gasteiger charge is 2.42. The minimum Gasteiger partial charge on any atom is -0.363 e. The number of nitrogens with zero attached hydrogens (tertiary/aromatic N) is 3. The van der Waals surface area contributed by atoms with Gasteiger partial charge in [-0.1, -0.05) is 0 Å². The zero-order chi connectivity index (χ0) is 15.8. The maximum absolute atomic E-state index is 12.3. The van der Waals surface area contributed by atoms with Crippen LogP contribution in [0.1, 0.15) is 37.8 Å². The highest BCUT2D eigenvalue weighted by Crippen LogP contribution is 2.34. The lowest BCUT2D eigenvalue weighted by Gasteiger charge is -2.34. The van der Waals surface area contributed by atoms with E-state index in [9.17, 15) is 4.79 Å². The van der Waals surface area contributed by atoms with Crippen LogP contribution < -0.4 is 10.2 Å². The average Bonchev–Trinajstić information content (AvgIpc) is 2.94. The Bertz CT molecular complexity index is 572. The number of ether oxygens (including phenoxy) is 1. The Morgan fingerprint density at radius 3 is 2.87 bits per heavy atom. The van der Waals surface area contributed by atoms with Crippen LogP contribution in [0.25, 0.3) is 0 Å². The Labute approximate surface area is 136 Å². The second-order valence-electron chi connectivity index (χ2n) is 7.06. The third-order valence-electron chi connectivity index (χ3n) is 5.40. The molecule has 6 heteroatoms. The number of anilines is 1. The second-order valence-corrected chi connectivity index (χ2v) is 7.06. The van der Waals surface area contributed by atoms with E-state index in [0.717, 1.165) is 50.3 Å². The molecule has 2 aliphatic heterocycles.